The number of halogens is 2. The number of benzene rings is 3. The summed E-state index contributed by atoms with van der Waals surface area (Å²) in [7, 11) is 0. The molecule has 3 aromatic carbocycles. The zero-order valence-corrected chi connectivity index (χ0v) is 16.2. The van der Waals surface area contributed by atoms with Crippen LogP contribution in [0.1, 0.15) is 18.4 Å². The van der Waals surface area contributed by atoms with Crippen LogP contribution in [0.2, 0.25) is 0 Å². The molecule has 0 aliphatic carbocycles. The molecule has 1 amide bonds. The van der Waals surface area contributed by atoms with Crippen LogP contribution in [0.4, 0.5) is 19.3 Å². The Morgan fingerprint density at radius 1 is 1.00 bits per heavy atom. The Kier molecular flexibility index (Phi) is 5.50. The number of carbonyl (C=O) groups is 1. The zero-order valence-electron chi connectivity index (χ0n) is 16.2. The summed E-state index contributed by atoms with van der Waals surface area (Å²) in [5.41, 5.74) is 1.21. The molecular formula is C24H21F2NO3. The van der Waals surface area contributed by atoms with E-state index in [-0.39, 0.29) is 12.2 Å². The van der Waals surface area contributed by atoms with Crippen molar-refractivity contribution in [2.45, 2.75) is 18.4 Å². The minimum atomic E-state index is -0.899. The van der Waals surface area contributed by atoms with Crippen molar-refractivity contribution in [2.24, 2.45) is 0 Å². The lowest BCUT2D eigenvalue weighted by Gasteiger charge is -2.41. The van der Waals surface area contributed by atoms with E-state index >= 15 is 0 Å². The minimum absolute atomic E-state index is 0.118. The third-order valence-corrected chi connectivity index (χ3v) is 5.47. The summed E-state index contributed by atoms with van der Waals surface area (Å²) < 4.78 is 33.5. The lowest BCUT2D eigenvalue weighted by molar-refractivity contribution is -0.0257. The van der Waals surface area contributed by atoms with Crippen molar-refractivity contribution in [3.8, 4) is 11.1 Å². The number of cyclic esters (lactones) is 1. The summed E-state index contributed by atoms with van der Waals surface area (Å²) in [6, 6.07) is 19.2. The topological polar surface area (TPSA) is 49.8 Å². The first kappa shape index (κ1) is 20.0. The van der Waals surface area contributed by atoms with Gasteiger partial charge >= 0.3 is 6.09 Å². The molecule has 0 saturated carbocycles. The van der Waals surface area contributed by atoms with Crippen LogP contribution < -0.4 is 4.90 Å². The van der Waals surface area contributed by atoms with Gasteiger partial charge < -0.3 is 9.84 Å². The second-order valence-corrected chi connectivity index (χ2v) is 7.27. The molecule has 3 aromatic rings. The molecule has 4 rings (SSSR count). The van der Waals surface area contributed by atoms with E-state index in [0.29, 0.717) is 30.6 Å². The molecule has 1 N–H and O–H groups in total. The maximum absolute atomic E-state index is 14.4. The van der Waals surface area contributed by atoms with Gasteiger partial charge in [0.05, 0.1) is 0 Å². The highest BCUT2D eigenvalue weighted by atomic mass is 19.1. The predicted octanol–water partition coefficient (Wildman–Crippen LogP) is 5.26. The largest absolute Gasteiger partial charge is 0.437 e. The van der Waals surface area contributed by atoms with Gasteiger partial charge in [0.1, 0.15) is 17.2 Å². The Balaban J connectivity index is 1.63. The number of anilines is 1. The van der Waals surface area contributed by atoms with Gasteiger partial charge in [0, 0.05) is 37.2 Å². The summed E-state index contributed by atoms with van der Waals surface area (Å²) in [5, 5.41) is 9.55. The normalized spacial score (nSPS) is 18.9. The molecule has 0 spiro atoms. The number of hydrogen-bond acceptors (Lipinski definition) is 3. The molecule has 1 aliphatic rings. The third-order valence-electron chi connectivity index (χ3n) is 5.47. The van der Waals surface area contributed by atoms with Crippen molar-refractivity contribution in [1.82, 2.24) is 0 Å². The summed E-state index contributed by atoms with van der Waals surface area (Å²) in [6.07, 6.45) is 0.211. The van der Waals surface area contributed by atoms with E-state index in [1.165, 1.54) is 41.3 Å². The average Bonchev–Trinajstić information content (AvgIpc) is 2.76. The summed E-state index contributed by atoms with van der Waals surface area (Å²) >= 11 is 0. The zero-order chi connectivity index (χ0) is 21.1. The van der Waals surface area contributed by atoms with Gasteiger partial charge in [-0.15, -0.1) is 0 Å². The van der Waals surface area contributed by atoms with Crippen LogP contribution in [0.25, 0.3) is 11.1 Å². The highest BCUT2D eigenvalue weighted by Gasteiger charge is 2.42. The predicted molar refractivity (Wildman–Crippen MR) is 110 cm³/mol. The minimum Gasteiger partial charge on any atom is -0.437 e. The first-order valence-electron chi connectivity index (χ1n) is 9.75. The average molecular weight is 409 g/mol. The number of rotatable bonds is 5. The molecule has 1 heterocycles. The molecule has 1 fully saturated rings. The standard InChI is InChI=1S/C24H21F2NO3/c25-19-8-6-17(7-9-19)21-16-20(10-11-22(21)26)27-14-12-24(13-15-28,30-23(27)29)18-4-2-1-3-5-18/h1-11,16,28H,12-15H2/t24-/m1/s1. The fourth-order valence-electron chi connectivity index (χ4n) is 3.87. The van der Waals surface area contributed by atoms with E-state index < -0.39 is 23.3 Å². The van der Waals surface area contributed by atoms with Crippen molar-refractivity contribution in [1.29, 1.82) is 0 Å². The smallest absolute Gasteiger partial charge is 0.415 e. The number of aliphatic hydroxyl groups excluding tert-OH is 1. The molecule has 4 nitrogen and oxygen atoms in total. The SMILES string of the molecule is O=C1O[C@](CCO)(c2ccccc2)CCN1c1ccc(F)c(-c2ccc(F)cc2)c1. The highest BCUT2D eigenvalue weighted by Crippen LogP contribution is 2.39. The Bertz CT molecular complexity index is 1040. The molecule has 1 aliphatic heterocycles. The van der Waals surface area contributed by atoms with Crippen molar-refractivity contribution < 1.29 is 23.4 Å². The van der Waals surface area contributed by atoms with E-state index in [2.05, 4.69) is 0 Å². The summed E-state index contributed by atoms with van der Waals surface area (Å²) in [6.45, 7) is 0.232. The van der Waals surface area contributed by atoms with Crippen LogP contribution in [0.3, 0.4) is 0 Å². The molecule has 0 bridgehead atoms. The van der Waals surface area contributed by atoms with E-state index in [0.717, 1.165) is 5.56 Å². The van der Waals surface area contributed by atoms with Gasteiger partial charge in [-0.25, -0.2) is 13.6 Å². The highest BCUT2D eigenvalue weighted by molar-refractivity contribution is 5.90. The summed E-state index contributed by atoms with van der Waals surface area (Å²) in [5.74, 6) is -0.870. The maximum atomic E-state index is 14.4. The second-order valence-electron chi connectivity index (χ2n) is 7.27. The molecule has 154 valence electrons. The Morgan fingerprint density at radius 2 is 1.73 bits per heavy atom. The van der Waals surface area contributed by atoms with Crippen LogP contribution in [-0.2, 0) is 10.3 Å². The second kappa shape index (κ2) is 8.24. The number of aliphatic hydroxyl groups is 1. The van der Waals surface area contributed by atoms with Crippen molar-refractivity contribution in [3.05, 3.63) is 90.0 Å². The molecule has 1 atom stereocenters. The first-order chi connectivity index (χ1) is 14.5. The van der Waals surface area contributed by atoms with Crippen molar-refractivity contribution in [3.63, 3.8) is 0 Å². The van der Waals surface area contributed by atoms with Gasteiger partial charge in [-0.3, -0.25) is 4.90 Å². The van der Waals surface area contributed by atoms with Crippen LogP contribution in [0.5, 0.6) is 0 Å². The van der Waals surface area contributed by atoms with E-state index in [4.69, 9.17) is 4.74 Å². The number of amides is 1. The van der Waals surface area contributed by atoms with Crippen LogP contribution >= 0.6 is 0 Å². The number of carbonyl (C=O) groups excluding carboxylic acids is 1. The molecule has 0 radical (unpaired) electrons. The van der Waals surface area contributed by atoms with E-state index in [1.54, 1.807) is 6.07 Å². The first-order valence-corrected chi connectivity index (χ1v) is 9.75. The number of nitrogens with zero attached hydrogens (tertiary/aromatic N) is 1. The molecule has 6 heteroatoms. The van der Waals surface area contributed by atoms with Gasteiger partial charge in [0.15, 0.2) is 0 Å². The Labute approximate surface area is 173 Å². The van der Waals surface area contributed by atoms with Gasteiger partial charge in [-0.2, -0.15) is 0 Å². The van der Waals surface area contributed by atoms with Crippen LogP contribution in [-0.4, -0.2) is 24.4 Å². The molecule has 30 heavy (non-hydrogen) atoms. The van der Waals surface area contributed by atoms with Crippen LogP contribution in [0.15, 0.2) is 72.8 Å². The molecular weight excluding hydrogens is 388 g/mol. The number of ether oxygens (including phenoxy) is 1. The fourth-order valence-corrected chi connectivity index (χ4v) is 3.87. The molecule has 1 saturated heterocycles. The van der Waals surface area contributed by atoms with E-state index in [1.807, 2.05) is 30.3 Å². The van der Waals surface area contributed by atoms with Gasteiger partial charge in [0.25, 0.3) is 0 Å². The fraction of sp³-hybridized carbons (Fsp3) is 0.208. The van der Waals surface area contributed by atoms with Crippen molar-refractivity contribution >= 4 is 11.8 Å². The molecule has 0 unspecified atom stereocenters. The van der Waals surface area contributed by atoms with Crippen LogP contribution in [0, 0.1) is 11.6 Å². The lowest BCUT2D eigenvalue weighted by Crippen LogP contribution is -2.48. The summed E-state index contributed by atoms with van der Waals surface area (Å²) in [4.78, 5) is 14.4. The monoisotopic (exact) mass is 409 g/mol. The third kappa shape index (κ3) is 3.78. The molecule has 0 aromatic heterocycles. The van der Waals surface area contributed by atoms with Gasteiger partial charge in [-0.05, 0) is 41.5 Å². The number of hydrogen-bond donors (Lipinski definition) is 1. The van der Waals surface area contributed by atoms with Gasteiger partial charge in [-0.1, -0.05) is 42.5 Å². The lowest BCUT2D eigenvalue weighted by atomic mass is 9.86. The maximum Gasteiger partial charge on any atom is 0.415 e. The Morgan fingerprint density at radius 3 is 2.40 bits per heavy atom. The Hall–Kier alpha value is -3.25. The van der Waals surface area contributed by atoms with E-state index in [9.17, 15) is 18.7 Å². The van der Waals surface area contributed by atoms with Crippen molar-refractivity contribution in [2.75, 3.05) is 18.1 Å². The quantitative estimate of drug-likeness (QED) is 0.626. The van der Waals surface area contributed by atoms with Gasteiger partial charge in [0.2, 0.25) is 0 Å².